The average Bonchev–Trinajstić information content (AvgIpc) is 2.40. The summed E-state index contributed by atoms with van der Waals surface area (Å²) in [6.45, 7) is 6.27. The zero-order valence-corrected chi connectivity index (χ0v) is 11.7. The lowest BCUT2D eigenvalue weighted by Gasteiger charge is -2.11. The number of aryl methyl sites for hydroxylation is 1. The summed E-state index contributed by atoms with van der Waals surface area (Å²) >= 11 is 0. The fourth-order valence-corrected chi connectivity index (χ4v) is 1.93. The van der Waals surface area contributed by atoms with Crippen LogP contribution in [0.25, 0.3) is 0 Å². The second-order valence-electron chi connectivity index (χ2n) is 5.23. The van der Waals surface area contributed by atoms with Crippen molar-refractivity contribution in [2.75, 3.05) is 0 Å². The molecule has 1 atom stereocenters. The van der Waals surface area contributed by atoms with Crippen LogP contribution in [-0.4, -0.2) is 15.1 Å². The fourth-order valence-electron chi connectivity index (χ4n) is 1.93. The summed E-state index contributed by atoms with van der Waals surface area (Å²) in [4.78, 5) is 8.32. The maximum atomic E-state index is 10.1. The van der Waals surface area contributed by atoms with E-state index >= 15 is 0 Å². The Balaban J connectivity index is 2.06. The number of hydrogen-bond acceptors (Lipinski definition) is 3. The second-order valence-corrected chi connectivity index (χ2v) is 5.23. The standard InChI is InChI=1S/C16H20N2O/c1-11(2)14-6-4-13(5-7-14)8-15(19)16-17-9-12(3)10-18-16/h4-7,9-11,15,19H,8H2,1-3H3. The van der Waals surface area contributed by atoms with Crippen LogP contribution in [0.5, 0.6) is 0 Å². The van der Waals surface area contributed by atoms with Crippen molar-refractivity contribution in [3.05, 3.63) is 59.2 Å². The highest BCUT2D eigenvalue weighted by Gasteiger charge is 2.11. The van der Waals surface area contributed by atoms with Crippen LogP contribution in [0.2, 0.25) is 0 Å². The summed E-state index contributed by atoms with van der Waals surface area (Å²) in [6, 6.07) is 8.35. The van der Waals surface area contributed by atoms with Crippen molar-refractivity contribution < 1.29 is 5.11 Å². The summed E-state index contributed by atoms with van der Waals surface area (Å²) in [7, 11) is 0. The first-order chi connectivity index (χ1) is 9.06. The SMILES string of the molecule is Cc1cnc(C(O)Cc2ccc(C(C)C)cc2)nc1. The van der Waals surface area contributed by atoms with E-state index in [0.29, 0.717) is 18.2 Å². The molecule has 3 heteroatoms. The highest BCUT2D eigenvalue weighted by Crippen LogP contribution is 2.18. The van der Waals surface area contributed by atoms with Crippen molar-refractivity contribution in [1.29, 1.82) is 0 Å². The van der Waals surface area contributed by atoms with Crippen LogP contribution in [0, 0.1) is 6.92 Å². The lowest BCUT2D eigenvalue weighted by molar-refractivity contribution is 0.168. The van der Waals surface area contributed by atoms with Gasteiger partial charge in [-0.1, -0.05) is 38.1 Å². The van der Waals surface area contributed by atoms with Gasteiger partial charge < -0.3 is 5.11 Å². The van der Waals surface area contributed by atoms with Crippen LogP contribution >= 0.6 is 0 Å². The molecule has 1 heterocycles. The van der Waals surface area contributed by atoms with Gasteiger partial charge in [-0.25, -0.2) is 9.97 Å². The van der Waals surface area contributed by atoms with Crippen molar-refractivity contribution in [1.82, 2.24) is 9.97 Å². The van der Waals surface area contributed by atoms with Crippen molar-refractivity contribution >= 4 is 0 Å². The Hall–Kier alpha value is -1.74. The summed E-state index contributed by atoms with van der Waals surface area (Å²) in [5.41, 5.74) is 3.41. The third-order valence-corrected chi connectivity index (χ3v) is 3.17. The molecule has 0 saturated heterocycles. The normalized spacial score (nSPS) is 12.7. The van der Waals surface area contributed by atoms with Crippen LogP contribution in [0.4, 0.5) is 0 Å². The molecular formula is C16H20N2O. The minimum absolute atomic E-state index is 0.485. The van der Waals surface area contributed by atoms with E-state index in [1.54, 1.807) is 12.4 Å². The Morgan fingerprint density at radius 1 is 1.05 bits per heavy atom. The van der Waals surface area contributed by atoms with Crippen molar-refractivity contribution in [3.63, 3.8) is 0 Å². The summed E-state index contributed by atoms with van der Waals surface area (Å²) < 4.78 is 0. The van der Waals surface area contributed by atoms with E-state index in [2.05, 4.69) is 48.1 Å². The number of rotatable bonds is 4. The number of aliphatic hydroxyl groups is 1. The first kappa shape index (κ1) is 13.7. The first-order valence-corrected chi connectivity index (χ1v) is 6.61. The summed E-state index contributed by atoms with van der Waals surface area (Å²) in [6.07, 6.45) is 3.35. The molecule has 0 saturated carbocycles. The minimum Gasteiger partial charge on any atom is -0.385 e. The van der Waals surface area contributed by atoms with Crippen LogP contribution in [0.3, 0.4) is 0 Å². The molecule has 0 fully saturated rings. The van der Waals surface area contributed by atoms with Crippen molar-refractivity contribution in [2.45, 2.75) is 39.2 Å². The molecule has 0 spiro atoms. The van der Waals surface area contributed by atoms with Gasteiger partial charge in [0.2, 0.25) is 0 Å². The van der Waals surface area contributed by atoms with E-state index in [4.69, 9.17) is 0 Å². The molecule has 0 bridgehead atoms. The maximum Gasteiger partial charge on any atom is 0.157 e. The Labute approximate surface area is 114 Å². The van der Waals surface area contributed by atoms with E-state index in [0.717, 1.165) is 11.1 Å². The van der Waals surface area contributed by atoms with Gasteiger partial charge in [0.15, 0.2) is 5.82 Å². The Morgan fingerprint density at radius 3 is 2.16 bits per heavy atom. The van der Waals surface area contributed by atoms with Crippen molar-refractivity contribution in [2.24, 2.45) is 0 Å². The Morgan fingerprint density at radius 2 is 1.63 bits per heavy atom. The molecule has 0 radical (unpaired) electrons. The quantitative estimate of drug-likeness (QED) is 0.913. The molecule has 0 amide bonds. The zero-order chi connectivity index (χ0) is 13.8. The lowest BCUT2D eigenvalue weighted by atomic mass is 9.99. The molecular weight excluding hydrogens is 236 g/mol. The Kier molecular flexibility index (Phi) is 4.27. The van der Waals surface area contributed by atoms with Gasteiger partial charge in [-0.05, 0) is 29.5 Å². The van der Waals surface area contributed by atoms with Gasteiger partial charge in [0.05, 0.1) is 0 Å². The van der Waals surface area contributed by atoms with Gasteiger partial charge in [0.1, 0.15) is 6.10 Å². The highest BCUT2D eigenvalue weighted by atomic mass is 16.3. The molecule has 0 aliphatic heterocycles. The number of benzene rings is 1. The van der Waals surface area contributed by atoms with Gasteiger partial charge in [0.25, 0.3) is 0 Å². The second kappa shape index (κ2) is 5.93. The molecule has 1 unspecified atom stereocenters. The van der Waals surface area contributed by atoms with Crippen LogP contribution < -0.4 is 0 Å². The zero-order valence-electron chi connectivity index (χ0n) is 11.7. The molecule has 100 valence electrons. The van der Waals surface area contributed by atoms with E-state index < -0.39 is 6.10 Å². The van der Waals surface area contributed by atoms with Gasteiger partial charge in [-0.15, -0.1) is 0 Å². The lowest BCUT2D eigenvalue weighted by Crippen LogP contribution is -2.06. The molecule has 0 aliphatic carbocycles. The third kappa shape index (κ3) is 3.61. The van der Waals surface area contributed by atoms with Gasteiger partial charge in [0, 0.05) is 18.8 Å². The van der Waals surface area contributed by atoms with Crippen LogP contribution in [0.15, 0.2) is 36.7 Å². The molecule has 1 N–H and O–H groups in total. The van der Waals surface area contributed by atoms with Gasteiger partial charge in [-0.3, -0.25) is 0 Å². The Bertz CT molecular complexity index is 517. The first-order valence-electron chi connectivity index (χ1n) is 6.61. The van der Waals surface area contributed by atoms with E-state index in [1.807, 2.05) is 6.92 Å². The van der Waals surface area contributed by atoms with E-state index in [1.165, 1.54) is 5.56 Å². The van der Waals surface area contributed by atoms with Gasteiger partial charge in [-0.2, -0.15) is 0 Å². The van der Waals surface area contributed by atoms with Crippen LogP contribution in [0.1, 0.15) is 48.4 Å². The predicted molar refractivity (Wildman–Crippen MR) is 76.0 cm³/mol. The van der Waals surface area contributed by atoms with Gasteiger partial charge >= 0.3 is 0 Å². The fraction of sp³-hybridized carbons (Fsp3) is 0.375. The number of aromatic nitrogens is 2. The molecule has 3 nitrogen and oxygen atoms in total. The smallest absolute Gasteiger partial charge is 0.157 e. The largest absolute Gasteiger partial charge is 0.385 e. The number of aliphatic hydroxyl groups excluding tert-OH is 1. The summed E-state index contributed by atoms with van der Waals surface area (Å²) in [5.74, 6) is 1.01. The highest BCUT2D eigenvalue weighted by molar-refractivity contribution is 5.25. The van der Waals surface area contributed by atoms with Crippen LogP contribution in [-0.2, 0) is 6.42 Å². The van der Waals surface area contributed by atoms with E-state index in [9.17, 15) is 5.11 Å². The number of hydrogen-bond donors (Lipinski definition) is 1. The van der Waals surface area contributed by atoms with Crippen molar-refractivity contribution in [3.8, 4) is 0 Å². The molecule has 2 aromatic rings. The topological polar surface area (TPSA) is 46.0 Å². The monoisotopic (exact) mass is 256 g/mol. The molecule has 1 aromatic carbocycles. The third-order valence-electron chi connectivity index (χ3n) is 3.17. The molecule has 2 rings (SSSR count). The summed E-state index contributed by atoms with van der Waals surface area (Å²) in [5, 5.41) is 10.1. The molecule has 1 aromatic heterocycles. The number of nitrogens with zero attached hydrogens (tertiary/aromatic N) is 2. The average molecular weight is 256 g/mol. The molecule has 0 aliphatic rings. The molecule has 19 heavy (non-hydrogen) atoms. The predicted octanol–water partition coefficient (Wildman–Crippen LogP) is 3.18. The minimum atomic E-state index is -0.648. The van der Waals surface area contributed by atoms with E-state index in [-0.39, 0.29) is 0 Å². The maximum absolute atomic E-state index is 10.1.